The van der Waals surface area contributed by atoms with Crippen LogP contribution in [0.5, 0.6) is 5.75 Å². The van der Waals surface area contributed by atoms with Gasteiger partial charge in [0.15, 0.2) is 0 Å². The summed E-state index contributed by atoms with van der Waals surface area (Å²) in [5, 5.41) is 10.9. The molecule has 21 heavy (non-hydrogen) atoms. The Morgan fingerprint density at radius 2 is 2.10 bits per heavy atom. The van der Waals surface area contributed by atoms with Gasteiger partial charge in [-0.1, -0.05) is 22.9 Å². The van der Waals surface area contributed by atoms with E-state index in [0.29, 0.717) is 34.8 Å². The summed E-state index contributed by atoms with van der Waals surface area (Å²) in [5.74, 6) is 0.379. The second-order valence-corrected chi connectivity index (χ2v) is 5.41. The number of anilines is 1. The SMILES string of the molecule is CCc1nnc(C)cc1C(=O)Nc1cc(Br)ccc1OC. The Balaban J connectivity index is 2.34. The van der Waals surface area contributed by atoms with E-state index in [4.69, 9.17) is 4.74 Å². The first kappa shape index (κ1) is 15.4. The second-order valence-electron chi connectivity index (χ2n) is 4.50. The molecule has 0 saturated heterocycles. The molecule has 0 unspecified atom stereocenters. The number of ether oxygens (including phenoxy) is 1. The van der Waals surface area contributed by atoms with Crippen LogP contribution in [-0.4, -0.2) is 23.2 Å². The molecule has 0 bridgehead atoms. The van der Waals surface area contributed by atoms with Crippen LogP contribution in [-0.2, 0) is 6.42 Å². The second kappa shape index (κ2) is 6.67. The van der Waals surface area contributed by atoms with Crippen molar-refractivity contribution in [3.8, 4) is 5.75 Å². The van der Waals surface area contributed by atoms with Crippen LogP contribution in [0.25, 0.3) is 0 Å². The van der Waals surface area contributed by atoms with Crippen LogP contribution in [0, 0.1) is 6.92 Å². The number of nitrogens with zero attached hydrogens (tertiary/aromatic N) is 2. The molecule has 2 aromatic rings. The maximum atomic E-state index is 12.5. The van der Waals surface area contributed by atoms with E-state index in [9.17, 15) is 4.79 Å². The number of carbonyl (C=O) groups is 1. The van der Waals surface area contributed by atoms with Crippen LogP contribution >= 0.6 is 15.9 Å². The monoisotopic (exact) mass is 349 g/mol. The molecule has 2 rings (SSSR count). The standard InChI is InChI=1S/C15H16BrN3O2/c1-4-12-11(7-9(2)18-19-12)15(20)17-13-8-10(16)5-6-14(13)21-3/h5-8H,4H2,1-3H3,(H,17,20). The first-order valence-electron chi connectivity index (χ1n) is 6.53. The summed E-state index contributed by atoms with van der Waals surface area (Å²) in [5.41, 5.74) is 2.52. The average molecular weight is 350 g/mol. The normalized spacial score (nSPS) is 10.3. The molecule has 0 fully saturated rings. The van der Waals surface area contributed by atoms with E-state index in [1.165, 1.54) is 0 Å². The lowest BCUT2D eigenvalue weighted by atomic mass is 10.1. The number of aryl methyl sites for hydroxylation is 2. The van der Waals surface area contributed by atoms with Crippen molar-refractivity contribution < 1.29 is 9.53 Å². The van der Waals surface area contributed by atoms with Crippen LogP contribution in [0.3, 0.4) is 0 Å². The molecule has 1 aromatic carbocycles. The van der Waals surface area contributed by atoms with E-state index >= 15 is 0 Å². The number of hydrogen-bond donors (Lipinski definition) is 1. The number of hydrogen-bond acceptors (Lipinski definition) is 4. The number of carbonyl (C=O) groups excluding carboxylic acids is 1. The van der Waals surface area contributed by atoms with E-state index in [0.717, 1.165) is 4.47 Å². The average Bonchev–Trinajstić information content (AvgIpc) is 2.47. The van der Waals surface area contributed by atoms with Gasteiger partial charge in [0.1, 0.15) is 5.75 Å². The Bertz CT molecular complexity index is 674. The van der Waals surface area contributed by atoms with Crippen molar-refractivity contribution >= 4 is 27.5 Å². The summed E-state index contributed by atoms with van der Waals surface area (Å²) in [6.07, 6.45) is 0.644. The van der Waals surface area contributed by atoms with E-state index < -0.39 is 0 Å². The molecule has 1 N–H and O–H groups in total. The number of rotatable bonds is 4. The number of aromatic nitrogens is 2. The van der Waals surface area contributed by atoms with Crippen molar-refractivity contribution in [2.75, 3.05) is 12.4 Å². The van der Waals surface area contributed by atoms with Gasteiger partial charge >= 0.3 is 0 Å². The summed E-state index contributed by atoms with van der Waals surface area (Å²) >= 11 is 3.38. The third-order valence-corrected chi connectivity index (χ3v) is 3.48. The van der Waals surface area contributed by atoms with Crippen molar-refractivity contribution in [1.82, 2.24) is 10.2 Å². The predicted molar refractivity (Wildman–Crippen MR) is 84.8 cm³/mol. The highest BCUT2D eigenvalue weighted by Gasteiger charge is 2.15. The van der Waals surface area contributed by atoms with E-state index in [1.807, 2.05) is 19.9 Å². The van der Waals surface area contributed by atoms with Crippen LogP contribution in [0.15, 0.2) is 28.7 Å². The highest BCUT2D eigenvalue weighted by Crippen LogP contribution is 2.28. The van der Waals surface area contributed by atoms with Gasteiger partial charge in [0.2, 0.25) is 0 Å². The van der Waals surface area contributed by atoms with Gasteiger partial charge in [0.25, 0.3) is 5.91 Å². The molecule has 0 aliphatic carbocycles. The zero-order valence-corrected chi connectivity index (χ0v) is 13.7. The number of nitrogens with one attached hydrogen (secondary N) is 1. The fourth-order valence-electron chi connectivity index (χ4n) is 1.94. The van der Waals surface area contributed by atoms with Crippen LogP contribution in [0.4, 0.5) is 5.69 Å². The molecule has 0 aliphatic heterocycles. The topological polar surface area (TPSA) is 64.1 Å². The molecule has 0 saturated carbocycles. The van der Waals surface area contributed by atoms with Crippen molar-refractivity contribution in [1.29, 1.82) is 0 Å². The van der Waals surface area contributed by atoms with Crippen LogP contribution in [0.1, 0.15) is 28.7 Å². The fourth-order valence-corrected chi connectivity index (χ4v) is 2.30. The Morgan fingerprint density at radius 3 is 2.76 bits per heavy atom. The molecule has 110 valence electrons. The van der Waals surface area contributed by atoms with Crippen molar-refractivity contribution in [3.63, 3.8) is 0 Å². The minimum Gasteiger partial charge on any atom is -0.495 e. The van der Waals surface area contributed by atoms with Crippen molar-refractivity contribution in [2.24, 2.45) is 0 Å². The number of methoxy groups -OCH3 is 1. The van der Waals surface area contributed by atoms with Gasteiger partial charge < -0.3 is 10.1 Å². The summed E-state index contributed by atoms with van der Waals surface area (Å²) in [4.78, 5) is 12.5. The van der Waals surface area contributed by atoms with E-state index in [1.54, 1.807) is 25.3 Å². The molecule has 0 spiro atoms. The molecule has 6 heteroatoms. The predicted octanol–water partition coefficient (Wildman–Crippen LogP) is 3.37. The van der Waals surface area contributed by atoms with Gasteiger partial charge in [0.05, 0.1) is 29.7 Å². The lowest BCUT2D eigenvalue weighted by Crippen LogP contribution is -2.16. The third-order valence-electron chi connectivity index (χ3n) is 2.98. The van der Waals surface area contributed by atoms with Gasteiger partial charge in [0, 0.05) is 4.47 Å². The lowest BCUT2D eigenvalue weighted by Gasteiger charge is -2.12. The van der Waals surface area contributed by atoms with E-state index in [-0.39, 0.29) is 5.91 Å². The Kier molecular flexibility index (Phi) is 4.90. The maximum Gasteiger partial charge on any atom is 0.257 e. The number of halogens is 1. The Hall–Kier alpha value is -1.95. The highest BCUT2D eigenvalue weighted by atomic mass is 79.9. The molecule has 1 heterocycles. The molecule has 1 aromatic heterocycles. The van der Waals surface area contributed by atoms with Crippen LogP contribution < -0.4 is 10.1 Å². The summed E-state index contributed by atoms with van der Waals surface area (Å²) in [6, 6.07) is 7.18. The molecular weight excluding hydrogens is 334 g/mol. The first-order valence-corrected chi connectivity index (χ1v) is 7.32. The van der Waals surface area contributed by atoms with Crippen molar-refractivity contribution in [2.45, 2.75) is 20.3 Å². The summed E-state index contributed by atoms with van der Waals surface area (Å²) in [7, 11) is 1.56. The number of amides is 1. The largest absolute Gasteiger partial charge is 0.495 e. The zero-order chi connectivity index (χ0) is 15.4. The number of benzene rings is 1. The molecule has 0 atom stereocenters. The summed E-state index contributed by atoms with van der Waals surface area (Å²) in [6.45, 7) is 3.75. The zero-order valence-electron chi connectivity index (χ0n) is 12.1. The molecule has 0 aliphatic rings. The first-order chi connectivity index (χ1) is 10.0. The molecule has 1 amide bonds. The Labute approximate surface area is 131 Å². The van der Waals surface area contributed by atoms with Gasteiger partial charge in [-0.3, -0.25) is 4.79 Å². The fraction of sp³-hybridized carbons (Fsp3) is 0.267. The smallest absolute Gasteiger partial charge is 0.257 e. The highest BCUT2D eigenvalue weighted by molar-refractivity contribution is 9.10. The van der Waals surface area contributed by atoms with Crippen molar-refractivity contribution in [3.05, 3.63) is 45.7 Å². The minimum atomic E-state index is -0.221. The van der Waals surface area contributed by atoms with Gasteiger partial charge in [-0.25, -0.2) is 0 Å². The lowest BCUT2D eigenvalue weighted by molar-refractivity contribution is 0.102. The minimum absolute atomic E-state index is 0.221. The third kappa shape index (κ3) is 3.58. The molecular formula is C15H16BrN3O2. The molecule has 5 nitrogen and oxygen atoms in total. The Morgan fingerprint density at radius 1 is 1.33 bits per heavy atom. The van der Waals surface area contributed by atoms with Crippen LogP contribution in [0.2, 0.25) is 0 Å². The van der Waals surface area contributed by atoms with Gasteiger partial charge in [-0.15, -0.1) is 0 Å². The van der Waals surface area contributed by atoms with Gasteiger partial charge in [-0.2, -0.15) is 10.2 Å². The van der Waals surface area contributed by atoms with E-state index in [2.05, 4.69) is 31.4 Å². The van der Waals surface area contributed by atoms with Gasteiger partial charge in [-0.05, 0) is 37.6 Å². The maximum absolute atomic E-state index is 12.5. The molecule has 0 radical (unpaired) electrons. The summed E-state index contributed by atoms with van der Waals surface area (Å²) < 4.78 is 6.11. The quantitative estimate of drug-likeness (QED) is 0.918.